The fraction of sp³-hybridized carbons (Fsp3) is 0.458. The van der Waals surface area contributed by atoms with Gasteiger partial charge in [0, 0.05) is 37.7 Å². The molecule has 0 aliphatic carbocycles. The summed E-state index contributed by atoms with van der Waals surface area (Å²) in [5.74, 6) is -0.560. The van der Waals surface area contributed by atoms with Crippen LogP contribution in [0.25, 0.3) is 11.1 Å². The van der Waals surface area contributed by atoms with Crippen molar-refractivity contribution in [2.45, 2.75) is 39.3 Å². The quantitative estimate of drug-likeness (QED) is 0.742. The van der Waals surface area contributed by atoms with Crippen LogP contribution in [0.1, 0.15) is 37.6 Å². The number of aromatic nitrogens is 1. The molecule has 3 rings (SSSR count). The lowest BCUT2D eigenvalue weighted by molar-refractivity contribution is -0.131. The summed E-state index contributed by atoms with van der Waals surface area (Å²) in [5.41, 5.74) is 1.64. The number of nitrogens with zero attached hydrogens (tertiary/aromatic N) is 3. The minimum Gasteiger partial charge on any atom is -0.472 e. The second kappa shape index (κ2) is 10.1. The van der Waals surface area contributed by atoms with Crippen molar-refractivity contribution in [3.05, 3.63) is 47.9 Å². The number of hydrogen-bond acceptors (Lipinski definition) is 5. The Morgan fingerprint density at radius 2 is 2.03 bits per heavy atom. The third-order valence-electron chi connectivity index (χ3n) is 5.88. The van der Waals surface area contributed by atoms with Crippen molar-refractivity contribution in [1.82, 2.24) is 14.8 Å². The van der Waals surface area contributed by atoms with Gasteiger partial charge in [0.1, 0.15) is 17.5 Å². The van der Waals surface area contributed by atoms with Gasteiger partial charge in [-0.05, 0) is 30.7 Å². The number of fused-ring (bicyclic) bond motifs is 1. The van der Waals surface area contributed by atoms with Gasteiger partial charge in [-0.15, -0.1) is 0 Å². The lowest BCUT2D eigenvalue weighted by atomic mass is 9.99. The molecular formula is C24H30FN3O4. The van der Waals surface area contributed by atoms with E-state index in [9.17, 15) is 19.1 Å². The highest BCUT2D eigenvalue weighted by Crippen LogP contribution is 2.30. The van der Waals surface area contributed by atoms with Crippen LogP contribution in [0, 0.1) is 11.7 Å². The van der Waals surface area contributed by atoms with Crippen LogP contribution in [-0.2, 0) is 4.79 Å². The highest BCUT2D eigenvalue weighted by atomic mass is 19.1. The normalized spacial score (nSPS) is 19.4. The van der Waals surface area contributed by atoms with Gasteiger partial charge in [-0.2, -0.15) is 0 Å². The molecule has 0 saturated carbocycles. The van der Waals surface area contributed by atoms with Crippen LogP contribution in [0.15, 0.2) is 36.5 Å². The maximum atomic E-state index is 13.4. The maximum Gasteiger partial charge on any atom is 0.259 e. The summed E-state index contributed by atoms with van der Waals surface area (Å²) in [5, 5.41) is 9.75. The van der Waals surface area contributed by atoms with E-state index < -0.39 is 6.04 Å². The molecule has 0 spiro atoms. The van der Waals surface area contributed by atoms with E-state index in [0.717, 1.165) is 5.56 Å². The summed E-state index contributed by atoms with van der Waals surface area (Å²) < 4.78 is 19.5. The SMILES string of the molecule is CCC(=O)N(C)C[C@H]1Oc2ncc(-c3ccc(F)cc3)cc2C(=O)N([C@@H](C)CO)C[C@@H]1C. The summed E-state index contributed by atoms with van der Waals surface area (Å²) in [6.07, 6.45) is 1.59. The number of aliphatic hydroxyl groups excluding tert-OH is 1. The van der Waals surface area contributed by atoms with Gasteiger partial charge in [0.25, 0.3) is 5.91 Å². The number of hydrogen-bond donors (Lipinski definition) is 1. The monoisotopic (exact) mass is 443 g/mol. The van der Waals surface area contributed by atoms with Gasteiger partial charge in [-0.3, -0.25) is 9.59 Å². The maximum absolute atomic E-state index is 13.4. The lowest BCUT2D eigenvalue weighted by Crippen LogP contribution is -2.50. The second-order valence-electron chi connectivity index (χ2n) is 8.33. The van der Waals surface area contributed by atoms with Crippen molar-refractivity contribution < 1.29 is 23.8 Å². The van der Waals surface area contributed by atoms with Crippen LogP contribution in [-0.4, -0.2) is 70.6 Å². The number of ether oxygens (including phenoxy) is 1. The second-order valence-corrected chi connectivity index (χ2v) is 8.33. The topological polar surface area (TPSA) is 83.0 Å². The molecule has 1 aromatic carbocycles. The van der Waals surface area contributed by atoms with E-state index in [-0.39, 0.29) is 47.7 Å². The first-order chi connectivity index (χ1) is 15.2. The first-order valence-electron chi connectivity index (χ1n) is 10.8. The predicted molar refractivity (Wildman–Crippen MR) is 119 cm³/mol. The van der Waals surface area contributed by atoms with Crippen molar-refractivity contribution >= 4 is 11.8 Å². The average molecular weight is 444 g/mol. The van der Waals surface area contributed by atoms with Crippen LogP contribution < -0.4 is 4.74 Å². The molecule has 7 nitrogen and oxygen atoms in total. The molecule has 172 valence electrons. The number of halogens is 1. The minimum atomic E-state index is -0.402. The average Bonchev–Trinajstić information content (AvgIpc) is 2.80. The van der Waals surface area contributed by atoms with E-state index in [2.05, 4.69) is 4.98 Å². The summed E-state index contributed by atoms with van der Waals surface area (Å²) in [6, 6.07) is 7.23. The lowest BCUT2D eigenvalue weighted by Gasteiger charge is -2.37. The number of rotatable bonds is 6. The van der Waals surface area contributed by atoms with Crippen molar-refractivity contribution in [1.29, 1.82) is 0 Å². The minimum absolute atomic E-state index is 0.000594. The Morgan fingerprint density at radius 1 is 1.34 bits per heavy atom. The zero-order valence-corrected chi connectivity index (χ0v) is 18.9. The molecule has 3 atom stereocenters. The van der Waals surface area contributed by atoms with Crippen LogP contribution >= 0.6 is 0 Å². The predicted octanol–water partition coefficient (Wildman–Crippen LogP) is 2.98. The van der Waals surface area contributed by atoms with Gasteiger partial charge in [0.2, 0.25) is 11.8 Å². The molecule has 0 saturated heterocycles. The number of benzene rings is 1. The Kier molecular flexibility index (Phi) is 7.45. The van der Waals surface area contributed by atoms with E-state index in [1.54, 1.807) is 55.1 Å². The Labute approximate surface area is 187 Å². The van der Waals surface area contributed by atoms with Gasteiger partial charge in [-0.1, -0.05) is 26.0 Å². The summed E-state index contributed by atoms with van der Waals surface area (Å²) in [7, 11) is 1.73. The molecular weight excluding hydrogens is 413 g/mol. The van der Waals surface area contributed by atoms with Crippen LogP contribution in [0.2, 0.25) is 0 Å². The molecule has 2 heterocycles. The molecule has 0 unspecified atom stereocenters. The molecule has 1 aromatic heterocycles. The number of carbonyl (C=O) groups is 2. The first-order valence-corrected chi connectivity index (χ1v) is 10.8. The third kappa shape index (κ3) is 5.07. The van der Waals surface area contributed by atoms with E-state index in [4.69, 9.17) is 4.74 Å². The summed E-state index contributed by atoms with van der Waals surface area (Å²) in [6.45, 7) is 6.07. The van der Waals surface area contributed by atoms with Crippen molar-refractivity contribution in [2.24, 2.45) is 5.92 Å². The van der Waals surface area contributed by atoms with E-state index in [1.807, 2.05) is 6.92 Å². The molecule has 2 amide bonds. The van der Waals surface area contributed by atoms with Crippen LogP contribution in [0.4, 0.5) is 4.39 Å². The van der Waals surface area contributed by atoms with Crippen molar-refractivity contribution in [3.8, 4) is 17.0 Å². The molecule has 1 N–H and O–H groups in total. The van der Waals surface area contributed by atoms with Crippen LogP contribution in [0.5, 0.6) is 5.88 Å². The van der Waals surface area contributed by atoms with Gasteiger partial charge in [0.15, 0.2) is 0 Å². The number of aliphatic hydroxyl groups is 1. The van der Waals surface area contributed by atoms with Gasteiger partial charge in [-0.25, -0.2) is 9.37 Å². The molecule has 0 radical (unpaired) electrons. The fourth-order valence-corrected chi connectivity index (χ4v) is 3.76. The first kappa shape index (κ1) is 23.7. The molecule has 32 heavy (non-hydrogen) atoms. The van der Waals surface area contributed by atoms with E-state index in [0.29, 0.717) is 25.1 Å². The van der Waals surface area contributed by atoms with Crippen molar-refractivity contribution in [3.63, 3.8) is 0 Å². The Morgan fingerprint density at radius 3 is 2.66 bits per heavy atom. The molecule has 2 aromatic rings. The van der Waals surface area contributed by atoms with Gasteiger partial charge < -0.3 is 19.6 Å². The number of carbonyl (C=O) groups excluding carboxylic acids is 2. The zero-order valence-electron chi connectivity index (χ0n) is 18.9. The molecule has 0 fully saturated rings. The van der Waals surface area contributed by atoms with Gasteiger partial charge in [0.05, 0.1) is 19.2 Å². The Balaban J connectivity index is 2.03. The third-order valence-corrected chi connectivity index (χ3v) is 5.88. The number of amides is 2. The number of pyridine rings is 1. The Bertz CT molecular complexity index is 966. The summed E-state index contributed by atoms with van der Waals surface area (Å²) in [4.78, 5) is 33.2. The summed E-state index contributed by atoms with van der Waals surface area (Å²) >= 11 is 0. The van der Waals surface area contributed by atoms with Crippen molar-refractivity contribution in [2.75, 3.05) is 26.7 Å². The molecule has 1 aliphatic rings. The van der Waals surface area contributed by atoms with E-state index in [1.165, 1.54) is 12.1 Å². The van der Waals surface area contributed by atoms with E-state index >= 15 is 0 Å². The number of likely N-dealkylation sites (N-methyl/N-ethyl adjacent to an activating group) is 1. The largest absolute Gasteiger partial charge is 0.472 e. The highest BCUT2D eigenvalue weighted by molar-refractivity contribution is 5.98. The standard InChI is InChI=1S/C24H30FN3O4/c1-5-22(30)27(4)13-21-15(2)12-28(16(3)14-29)24(31)20-10-18(11-26-23(20)32-21)17-6-8-19(25)9-7-17/h6-11,15-16,21,29H,5,12-14H2,1-4H3/t15-,16-,21+/m0/s1. The molecule has 8 heteroatoms. The smallest absolute Gasteiger partial charge is 0.259 e. The zero-order chi connectivity index (χ0) is 23.4. The molecule has 0 bridgehead atoms. The highest BCUT2D eigenvalue weighted by Gasteiger charge is 2.34. The van der Waals surface area contributed by atoms with Crippen LogP contribution in [0.3, 0.4) is 0 Å². The fourth-order valence-electron chi connectivity index (χ4n) is 3.76. The van der Waals surface area contributed by atoms with Gasteiger partial charge >= 0.3 is 0 Å². The Hall–Kier alpha value is -3.00. The molecule has 1 aliphatic heterocycles.